The van der Waals surface area contributed by atoms with E-state index in [2.05, 4.69) is 64.9 Å². The standard InChI is InChI=1S/C25H36N4O2.C25H34N4O2.CH4O/c2*1-24(2,3)31-23(30)29-12-9-25(17-29)14-21(15-25)27-20-6-5-19(16-26)22(13-20)18-7-10-28(4)11-8-18;1-2/h5-6,13,18,21,27H,7-12,14-15,17H2,1-4H3;5-7,13,21,27H,8-12,14-15,17H2,1-4H3;2H,1H3. The monoisotopic (exact) mass is 879 g/mol. The Morgan fingerprint density at radius 2 is 1.19 bits per heavy atom. The molecule has 3 N–H and O–H groups in total. The Bertz CT molecular complexity index is 2070. The number of amides is 2. The second kappa shape index (κ2) is 20.1. The number of aliphatic hydroxyl groups is 1. The molecule has 0 bridgehead atoms. The maximum Gasteiger partial charge on any atom is 0.410 e. The number of ether oxygens (including phenoxy) is 2. The second-order valence-corrected chi connectivity index (χ2v) is 21.4. The quantitative estimate of drug-likeness (QED) is 0.255. The van der Waals surface area contributed by atoms with Gasteiger partial charge in [-0.15, -0.1) is 0 Å². The van der Waals surface area contributed by atoms with Crippen LogP contribution in [0, 0.1) is 33.5 Å². The van der Waals surface area contributed by atoms with Crippen molar-refractivity contribution in [2.24, 2.45) is 10.8 Å². The molecule has 2 aliphatic carbocycles. The lowest BCUT2D eigenvalue weighted by Crippen LogP contribution is -2.47. The first-order chi connectivity index (χ1) is 30.3. The molecule has 13 nitrogen and oxygen atoms in total. The molecule has 0 radical (unpaired) electrons. The van der Waals surface area contributed by atoms with E-state index in [0.29, 0.717) is 18.0 Å². The van der Waals surface area contributed by atoms with E-state index < -0.39 is 11.2 Å². The summed E-state index contributed by atoms with van der Waals surface area (Å²) in [7, 11) is 5.29. The van der Waals surface area contributed by atoms with Gasteiger partial charge in [-0.25, -0.2) is 9.59 Å². The number of aliphatic hydroxyl groups excluding tert-OH is 1. The minimum Gasteiger partial charge on any atom is -0.444 e. The van der Waals surface area contributed by atoms with Gasteiger partial charge in [0, 0.05) is 69.8 Å². The van der Waals surface area contributed by atoms with Crippen LogP contribution < -0.4 is 10.6 Å². The molecule has 2 amide bonds. The summed E-state index contributed by atoms with van der Waals surface area (Å²) in [5.74, 6) is 0.470. The number of nitriles is 2. The number of rotatable bonds is 6. The fourth-order valence-electron chi connectivity index (χ4n) is 10.6. The van der Waals surface area contributed by atoms with Gasteiger partial charge in [0.2, 0.25) is 0 Å². The lowest BCUT2D eigenvalue weighted by atomic mass is 9.65. The topological polar surface area (TPSA) is 157 Å². The van der Waals surface area contributed by atoms with Gasteiger partial charge in [-0.3, -0.25) is 0 Å². The van der Waals surface area contributed by atoms with E-state index in [1.54, 1.807) is 0 Å². The lowest BCUT2D eigenvalue weighted by Gasteiger charge is -2.46. The molecule has 5 fully saturated rings. The van der Waals surface area contributed by atoms with Crippen LogP contribution in [-0.4, -0.2) is 134 Å². The highest BCUT2D eigenvalue weighted by Crippen LogP contribution is 2.51. The van der Waals surface area contributed by atoms with E-state index in [1.807, 2.05) is 75.6 Å². The number of nitrogens with one attached hydrogen (secondary N) is 2. The molecule has 0 atom stereocenters. The Labute approximate surface area is 382 Å². The van der Waals surface area contributed by atoms with Crippen molar-refractivity contribution in [3.63, 3.8) is 0 Å². The average molecular weight is 879 g/mol. The predicted octanol–water partition coefficient (Wildman–Crippen LogP) is 8.66. The number of hydrogen-bond acceptors (Lipinski definition) is 11. The van der Waals surface area contributed by atoms with E-state index in [1.165, 1.54) is 11.1 Å². The van der Waals surface area contributed by atoms with Gasteiger partial charge in [0.1, 0.15) is 11.2 Å². The Kier molecular flexibility index (Phi) is 15.3. The van der Waals surface area contributed by atoms with Gasteiger partial charge in [-0.1, -0.05) is 6.08 Å². The van der Waals surface area contributed by atoms with Crippen LogP contribution in [0.3, 0.4) is 0 Å². The van der Waals surface area contributed by atoms with Crippen LogP contribution in [0.25, 0.3) is 5.57 Å². The largest absolute Gasteiger partial charge is 0.444 e. The molecule has 348 valence electrons. The van der Waals surface area contributed by atoms with Crippen molar-refractivity contribution >= 4 is 29.1 Å². The number of piperidine rings is 1. The first-order valence-electron chi connectivity index (χ1n) is 23.4. The Morgan fingerprint density at radius 1 is 0.703 bits per heavy atom. The molecular formula is C51H74N8O5. The van der Waals surface area contributed by atoms with Crippen molar-refractivity contribution in [3.05, 3.63) is 64.7 Å². The zero-order valence-electron chi connectivity index (χ0n) is 40.1. The zero-order chi connectivity index (χ0) is 46.5. The number of carbonyl (C=O) groups excluding carboxylic acids is 2. The summed E-state index contributed by atoms with van der Waals surface area (Å²) in [6, 6.07) is 17.9. The van der Waals surface area contributed by atoms with Gasteiger partial charge in [0.05, 0.1) is 23.3 Å². The summed E-state index contributed by atoms with van der Waals surface area (Å²) < 4.78 is 11.1. The maximum absolute atomic E-state index is 12.4. The molecule has 0 aromatic heterocycles. The summed E-state index contributed by atoms with van der Waals surface area (Å²) >= 11 is 0. The summed E-state index contributed by atoms with van der Waals surface area (Å²) in [6.07, 6.45) is 11.5. The average Bonchev–Trinajstić information content (AvgIpc) is 3.88. The minimum atomic E-state index is -0.451. The third-order valence-electron chi connectivity index (χ3n) is 13.9. The summed E-state index contributed by atoms with van der Waals surface area (Å²) in [4.78, 5) is 33.2. The fraction of sp³-hybridized carbons (Fsp3) is 0.647. The highest BCUT2D eigenvalue weighted by Gasteiger charge is 2.51. The third kappa shape index (κ3) is 12.3. The highest BCUT2D eigenvalue weighted by molar-refractivity contribution is 5.75. The van der Waals surface area contributed by atoms with Crippen molar-refractivity contribution in [1.29, 1.82) is 10.5 Å². The lowest BCUT2D eigenvalue weighted by molar-refractivity contribution is 0.0229. The van der Waals surface area contributed by atoms with Crippen molar-refractivity contribution in [2.75, 3.05) is 84.2 Å². The van der Waals surface area contributed by atoms with Crippen molar-refractivity contribution < 1.29 is 24.2 Å². The summed E-state index contributed by atoms with van der Waals surface area (Å²) in [5.41, 5.74) is 6.85. The van der Waals surface area contributed by atoms with Crippen molar-refractivity contribution in [1.82, 2.24) is 19.6 Å². The van der Waals surface area contributed by atoms with Gasteiger partial charge in [0.25, 0.3) is 0 Å². The van der Waals surface area contributed by atoms with Crippen LogP contribution in [0.1, 0.15) is 128 Å². The van der Waals surface area contributed by atoms with E-state index in [-0.39, 0.29) is 23.0 Å². The predicted molar refractivity (Wildman–Crippen MR) is 253 cm³/mol. The van der Waals surface area contributed by atoms with Gasteiger partial charge >= 0.3 is 12.2 Å². The Balaban J connectivity index is 0.000000205. The van der Waals surface area contributed by atoms with Crippen LogP contribution >= 0.6 is 0 Å². The molecule has 0 unspecified atom stereocenters. The van der Waals surface area contributed by atoms with Crippen LogP contribution in [0.5, 0.6) is 0 Å². The molecule has 13 heteroatoms. The Morgan fingerprint density at radius 3 is 1.64 bits per heavy atom. The van der Waals surface area contributed by atoms with Gasteiger partial charge in [-0.2, -0.15) is 10.5 Å². The molecule has 2 aromatic carbocycles. The highest BCUT2D eigenvalue weighted by atomic mass is 16.6. The first kappa shape index (κ1) is 48.6. The molecule has 2 saturated carbocycles. The second-order valence-electron chi connectivity index (χ2n) is 21.4. The number of nitrogens with zero attached hydrogens (tertiary/aromatic N) is 6. The van der Waals surface area contributed by atoms with E-state index >= 15 is 0 Å². The van der Waals surface area contributed by atoms with Crippen molar-refractivity contribution in [2.45, 2.75) is 129 Å². The number of benzene rings is 2. The van der Waals surface area contributed by atoms with Crippen molar-refractivity contribution in [3.8, 4) is 12.1 Å². The van der Waals surface area contributed by atoms with Crippen LogP contribution in [0.2, 0.25) is 0 Å². The molecule has 8 rings (SSSR count). The van der Waals surface area contributed by atoms with E-state index in [9.17, 15) is 20.1 Å². The number of anilines is 2. The van der Waals surface area contributed by atoms with Crippen LogP contribution in [0.15, 0.2) is 42.5 Å². The summed E-state index contributed by atoms with van der Waals surface area (Å²) in [5, 5.41) is 33.5. The van der Waals surface area contributed by atoms with Gasteiger partial charge in [-0.05, 0) is 196 Å². The number of likely N-dealkylation sites (N-methyl/N-ethyl adjacent to an activating group) is 1. The van der Waals surface area contributed by atoms with Gasteiger partial charge in [0.15, 0.2) is 0 Å². The number of hydrogen-bond donors (Lipinski definition) is 3. The molecule has 6 aliphatic rings. The van der Waals surface area contributed by atoms with Gasteiger partial charge < -0.3 is 44.8 Å². The first-order valence-corrected chi connectivity index (χ1v) is 23.4. The molecule has 2 spiro atoms. The smallest absolute Gasteiger partial charge is 0.410 e. The third-order valence-corrected chi connectivity index (χ3v) is 13.9. The normalized spacial score (nSPS) is 25.9. The maximum atomic E-state index is 12.4. The van der Waals surface area contributed by atoms with E-state index in [4.69, 9.17) is 14.6 Å². The van der Waals surface area contributed by atoms with Crippen LogP contribution in [-0.2, 0) is 9.47 Å². The SMILES string of the molecule is CN1CC=C(c2cc(NC3CC4(CCN(C(=O)OC(C)(C)C)C4)C3)ccc2C#N)CC1.CN1CCC(c2cc(NC3CC4(CCN(C(=O)OC(C)(C)C)C4)C3)ccc2C#N)CC1.CO. The zero-order valence-corrected chi connectivity index (χ0v) is 40.1. The molecule has 64 heavy (non-hydrogen) atoms. The fourth-order valence-corrected chi connectivity index (χ4v) is 10.6. The Hall–Kier alpha value is -4.82. The molecule has 3 saturated heterocycles. The van der Waals surface area contributed by atoms with Crippen LogP contribution in [0.4, 0.5) is 21.0 Å². The molecule has 4 heterocycles. The minimum absolute atomic E-state index is 0.185. The molecule has 2 aromatic rings. The molecular weight excluding hydrogens is 805 g/mol. The molecule has 4 aliphatic heterocycles. The number of carbonyl (C=O) groups is 2. The van der Waals surface area contributed by atoms with E-state index in [0.717, 1.165) is 145 Å². The summed E-state index contributed by atoms with van der Waals surface area (Å²) in [6.45, 7) is 18.8. The number of likely N-dealkylation sites (tertiary alicyclic amines) is 3.